The predicted octanol–water partition coefficient (Wildman–Crippen LogP) is 2.81. The van der Waals surface area contributed by atoms with Gasteiger partial charge in [0.1, 0.15) is 17.1 Å². The van der Waals surface area contributed by atoms with Crippen LogP contribution in [-0.4, -0.2) is 27.2 Å². The lowest BCUT2D eigenvalue weighted by Gasteiger charge is -2.08. The van der Waals surface area contributed by atoms with E-state index in [4.69, 9.17) is 5.11 Å². The van der Waals surface area contributed by atoms with Crippen molar-refractivity contribution in [1.82, 2.24) is 0 Å². The molecule has 2 aromatic rings. The third-order valence-corrected chi connectivity index (χ3v) is 3.36. The number of phenols is 2. The van der Waals surface area contributed by atoms with E-state index in [9.17, 15) is 19.8 Å². The molecular formula is C14H10BrNO5. The average Bonchev–Trinajstić information content (AvgIpc) is 2.41. The number of aromatic carboxylic acids is 1. The number of rotatable bonds is 3. The van der Waals surface area contributed by atoms with E-state index in [1.807, 2.05) is 0 Å². The van der Waals surface area contributed by atoms with Crippen molar-refractivity contribution in [3.8, 4) is 11.5 Å². The van der Waals surface area contributed by atoms with Crippen molar-refractivity contribution in [2.24, 2.45) is 0 Å². The summed E-state index contributed by atoms with van der Waals surface area (Å²) in [4.78, 5) is 22.7. The smallest absolute Gasteiger partial charge is 0.339 e. The molecule has 7 heteroatoms. The number of phenolic OH excluding ortho intramolecular Hbond substituents is 1. The first-order valence-electron chi connectivity index (χ1n) is 5.74. The molecule has 4 N–H and O–H groups in total. The van der Waals surface area contributed by atoms with Crippen molar-refractivity contribution in [3.05, 3.63) is 52.0 Å². The molecule has 6 nitrogen and oxygen atoms in total. The number of hydrogen-bond donors (Lipinski definition) is 4. The first-order valence-corrected chi connectivity index (χ1v) is 6.54. The molecule has 0 radical (unpaired) electrons. The molecule has 0 aliphatic rings. The topological polar surface area (TPSA) is 107 Å². The molecule has 0 aromatic heterocycles. The molecule has 0 unspecified atom stereocenters. The quantitative estimate of drug-likeness (QED) is 0.680. The van der Waals surface area contributed by atoms with E-state index in [2.05, 4.69) is 21.2 Å². The van der Waals surface area contributed by atoms with Gasteiger partial charge in [-0.15, -0.1) is 0 Å². The van der Waals surface area contributed by atoms with Gasteiger partial charge in [-0.2, -0.15) is 0 Å². The van der Waals surface area contributed by atoms with Crippen LogP contribution < -0.4 is 5.32 Å². The SMILES string of the molecule is O=C(Nc1ccc(C(=O)O)c(O)c1)c1ccc(Br)c(O)c1. The predicted molar refractivity (Wildman–Crippen MR) is 78.8 cm³/mol. The zero-order chi connectivity index (χ0) is 15.6. The van der Waals surface area contributed by atoms with Gasteiger partial charge in [-0.3, -0.25) is 4.79 Å². The number of carbonyl (C=O) groups is 2. The molecule has 0 fully saturated rings. The standard InChI is InChI=1S/C14H10BrNO5/c15-10-4-1-7(5-12(10)18)13(19)16-8-2-3-9(14(20)21)11(17)6-8/h1-6,17-18H,(H,16,19)(H,20,21). The van der Waals surface area contributed by atoms with Crippen LogP contribution in [-0.2, 0) is 0 Å². The number of nitrogens with one attached hydrogen (secondary N) is 1. The zero-order valence-corrected chi connectivity index (χ0v) is 12.1. The summed E-state index contributed by atoms with van der Waals surface area (Å²) in [6, 6.07) is 8.00. The Morgan fingerprint density at radius 3 is 2.29 bits per heavy atom. The number of anilines is 1. The Labute approximate surface area is 127 Å². The zero-order valence-electron chi connectivity index (χ0n) is 10.5. The molecule has 0 bridgehead atoms. The van der Waals surface area contributed by atoms with Crippen LogP contribution in [0.3, 0.4) is 0 Å². The molecule has 0 heterocycles. The van der Waals surface area contributed by atoms with Gasteiger partial charge in [0, 0.05) is 17.3 Å². The summed E-state index contributed by atoms with van der Waals surface area (Å²) in [6.45, 7) is 0. The average molecular weight is 352 g/mol. The Kier molecular flexibility index (Phi) is 4.13. The van der Waals surface area contributed by atoms with E-state index < -0.39 is 17.6 Å². The molecule has 0 saturated carbocycles. The van der Waals surface area contributed by atoms with Crippen LogP contribution in [0.5, 0.6) is 11.5 Å². The van der Waals surface area contributed by atoms with Crippen LogP contribution in [0.15, 0.2) is 40.9 Å². The highest BCUT2D eigenvalue weighted by Crippen LogP contribution is 2.26. The van der Waals surface area contributed by atoms with Crippen LogP contribution in [0.2, 0.25) is 0 Å². The van der Waals surface area contributed by atoms with Gasteiger partial charge in [-0.05, 0) is 46.3 Å². The summed E-state index contributed by atoms with van der Waals surface area (Å²) < 4.78 is 0.461. The van der Waals surface area contributed by atoms with Gasteiger partial charge in [-0.25, -0.2) is 4.79 Å². The van der Waals surface area contributed by atoms with Crippen LogP contribution in [0.1, 0.15) is 20.7 Å². The van der Waals surface area contributed by atoms with Gasteiger partial charge in [0.25, 0.3) is 5.91 Å². The second-order valence-corrected chi connectivity index (χ2v) is 5.01. The molecule has 0 spiro atoms. The second kappa shape index (κ2) is 5.84. The van der Waals surface area contributed by atoms with E-state index in [-0.39, 0.29) is 22.6 Å². The van der Waals surface area contributed by atoms with E-state index in [1.165, 1.54) is 30.3 Å². The number of hydrogen-bond acceptors (Lipinski definition) is 4. The van der Waals surface area contributed by atoms with E-state index in [0.717, 1.165) is 6.07 Å². The summed E-state index contributed by atoms with van der Waals surface area (Å²) in [5.41, 5.74) is 0.205. The normalized spacial score (nSPS) is 10.1. The first-order chi connectivity index (χ1) is 9.88. The number of halogens is 1. The molecule has 0 saturated heterocycles. The highest BCUT2D eigenvalue weighted by atomic mass is 79.9. The van der Waals surface area contributed by atoms with Crippen molar-refractivity contribution in [2.75, 3.05) is 5.32 Å². The minimum absolute atomic E-state index is 0.0771. The number of benzene rings is 2. The Balaban J connectivity index is 2.21. The van der Waals surface area contributed by atoms with Gasteiger partial charge in [0.15, 0.2) is 0 Å². The molecular weight excluding hydrogens is 342 g/mol. The minimum Gasteiger partial charge on any atom is -0.507 e. The van der Waals surface area contributed by atoms with Gasteiger partial charge in [0.2, 0.25) is 0 Å². The van der Waals surface area contributed by atoms with Gasteiger partial charge >= 0.3 is 5.97 Å². The molecule has 0 aliphatic carbocycles. The summed E-state index contributed by atoms with van der Waals surface area (Å²) in [7, 11) is 0. The van der Waals surface area contributed by atoms with E-state index >= 15 is 0 Å². The molecule has 2 aromatic carbocycles. The molecule has 108 valence electrons. The summed E-state index contributed by atoms with van der Waals surface area (Å²) in [5, 5.41) is 30.4. The number of amides is 1. The highest BCUT2D eigenvalue weighted by molar-refractivity contribution is 9.10. The number of carboxylic acid groups (broad SMARTS) is 1. The largest absolute Gasteiger partial charge is 0.507 e. The van der Waals surface area contributed by atoms with Crippen molar-refractivity contribution in [1.29, 1.82) is 0 Å². The van der Waals surface area contributed by atoms with Crippen molar-refractivity contribution in [3.63, 3.8) is 0 Å². The monoisotopic (exact) mass is 351 g/mol. The Morgan fingerprint density at radius 1 is 1.00 bits per heavy atom. The molecule has 21 heavy (non-hydrogen) atoms. The Morgan fingerprint density at radius 2 is 1.71 bits per heavy atom. The number of carbonyl (C=O) groups excluding carboxylic acids is 1. The summed E-state index contributed by atoms with van der Waals surface area (Å²) in [5.74, 6) is -2.28. The summed E-state index contributed by atoms with van der Waals surface area (Å²) in [6.07, 6.45) is 0. The molecule has 0 atom stereocenters. The minimum atomic E-state index is -1.26. The van der Waals surface area contributed by atoms with Crippen LogP contribution in [0, 0.1) is 0 Å². The Bertz CT molecular complexity index is 729. The first kappa shape index (κ1) is 14.9. The van der Waals surface area contributed by atoms with Crippen molar-refractivity contribution >= 4 is 33.5 Å². The highest BCUT2D eigenvalue weighted by Gasteiger charge is 2.12. The van der Waals surface area contributed by atoms with Gasteiger partial charge < -0.3 is 20.6 Å². The Hall–Kier alpha value is -2.54. The fourth-order valence-electron chi connectivity index (χ4n) is 1.65. The van der Waals surface area contributed by atoms with Crippen LogP contribution in [0.25, 0.3) is 0 Å². The lowest BCUT2D eigenvalue weighted by molar-refractivity contribution is 0.0693. The maximum atomic E-state index is 12.0. The lowest BCUT2D eigenvalue weighted by Crippen LogP contribution is -2.12. The third kappa shape index (κ3) is 3.32. The molecule has 1 amide bonds. The third-order valence-electron chi connectivity index (χ3n) is 2.69. The van der Waals surface area contributed by atoms with E-state index in [1.54, 1.807) is 0 Å². The number of carboxylic acids is 1. The fourth-order valence-corrected chi connectivity index (χ4v) is 1.89. The maximum absolute atomic E-state index is 12.0. The van der Waals surface area contributed by atoms with Crippen LogP contribution >= 0.6 is 15.9 Å². The molecule has 2 rings (SSSR count). The second-order valence-electron chi connectivity index (χ2n) is 4.16. The van der Waals surface area contributed by atoms with Crippen molar-refractivity contribution in [2.45, 2.75) is 0 Å². The fraction of sp³-hybridized carbons (Fsp3) is 0. The summed E-state index contributed by atoms with van der Waals surface area (Å²) >= 11 is 3.11. The molecule has 0 aliphatic heterocycles. The lowest BCUT2D eigenvalue weighted by atomic mass is 10.1. The maximum Gasteiger partial charge on any atom is 0.339 e. The number of aromatic hydroxyl groups is 2. The van der Waals surface area contributed by atoms with Crippen molar-refractivity contribution < 1.29 is 24.9 Å². The van der Waals surface area contributed by atoms with Crippen LogP contribution in [0.4, 0.5) is 5.69 Å². The van der Waals surface area contributed by atoms with E-state index in [0.29, 0.717) is 4.47 Å². The van der Waals surface area contributed by atoms with Gasteiger partial charge in [-0.1, -0.05) is 0 Å². The van der Waals surface area contributed by atoms with Gasteiger partial charge in [0.05, 0.1) is 4.47 Å².